The van der Waals surface area contributed by atoms with Crippen LogP contribution in [0.1, 0.15) is 18.9 Å². The molecule has 1 aromatic carbocycles. The lowest BCUT2D eigenvalue weighted by atomic mass is 9.91. The van der Waals surface area contributed by atoms with Crippen LogP contribution < -0.4 is 5.32 Å². The molecule has 1 saturated heterocycles. The number of nitrogens with zero attached hydrogens (tertiary/aromatic N) is 2. The SMILES string of the molecule is CC1CC(C(=O)O)CN(C(=O)NCCc2cccc([N+](=O)[O-])c2)C1. The molecule has 1 aromatic rings. The number of amides is 2. The Morgan fingerprint density at radius 3 is 2.83 bits per heavy atom. The second kappa shape index (κ2) is 7.76. The molecule has 0 aromatic heterocycles. The van der Waals surface area contributed by atoms with E-state index in [0.29, 0.717) is 25.9 Å². The van der Waals surface area contributed by atoms with Crippen LogP contribution in [-0.4, -0.2) is 46.6 Å². The van der Waals surface area contributed by atoms with Gasteiger partial charge in [0.05, 0.1) is 10.8 Å². The topological polar surface area (TPSA) is 113 Å². The Morgan fingerprint density at radius 2 is 2.17 bits per heavy atom. The number of piperidine rings is 1. The summed E-state index contributed by atoms with van der Waals surface area (Å²) in [6.07, 6.45) is 1.05. The molecule has 1 heterocycles. The molecule has 0 spiro atoms. The minimum atomic E-state index is -0.879. The summed E-state index contributed by atoms with van der Waals surface area (Å²) in [7, 11) is 0. The summed E-state index contributed by atoms with van der Waals surface area (Å²) in [5, 5.41) is 22.6. The van der Waals surface area contributed by atoms with E-state index in [4.69, 9.17) is 5.11 Å². The van der Waals surface area contributed by atoms with Gasteiger partial charge in [-0.1, -0.05) is 19.1 Å². The highest BCUT2D eigenvalue weighted by molar-refractivity contribution is 5.76. The van der Waals surface area contributed by atoms with Crippen molar-refractivity contribution in [3.05, 3.63) is 39.9 Å². The Bertz CT molecular complexity index is 634. The first-order valence-corrected chi connectivity index (χ1v) is 7.85. The summed E-state index contributed by atoms with van der Waals surface area (Å²) < 4.78 is 0. The molecule has 8 nitrogen and oxygen atoms in total. The number of hydrogen-bond donors (Lipinski definition) is 2. The van der Waals surface area contributed by atoms with Crippen LogP contribution >= 0.6 is 0 Å². The first-order chi connectivity index (χ1) is 11.4. The van der Waals surface area contributed by atoms with Gasteiger partial charge in [-0.25, -0.2) is 4.79 Å². The van der Waals surface area contributed by atoms with Gasteiger partial charge in [-0.15, -0.1) is 0 Å². The molecular weight excluding hydrogens is 314 g/mol. The van der Waals surface area contributed by atoms with Crippen LogP contribution in [0.4, 0.5) is 10.5 Å². The van der Waals surface area contributed by atoms with Gasteiger partial charge in [0.2, 0.25) is 0 Å². The van der Waals surface area contributed by atoms with E-state index in [2.05, 4.69) is 5.32 Å². The summed E-state index contributed by atoms with van der Waals surface area (Å²) in [5.41, 5.74) is 0.785. The fourth-order valence-electron chi connectivity index (χ4n) is 2.95. The van der Waals surface area contributed by atoms with Crippen molar-refractivity contribution in [1.29, 1.82) is 0 Å². The van der Waals surface area contributed by atoms with Crippen molar-refractivity contribution in [1.82, 2.24) is 10.2 Å². The zero-order valence-electron chi connectivity index (χ0n) is 13.5. The highest BCUT2D eigenvalue weighted by Crippen LogP contribution is 2.21. The van der Waals surface area contributed by atoms with Crippen molar-refractivity contribution in [2.45, 2.75) is 19.8 Å². The van der Waals surface area contributed by atoms with E-state index >= 15 is 0 Å². The number of nitrogens with one attached hydrogen (secondary N) is 1. The maximum atomic E-state index is 12.2. The van der Waals surface area contributed by atoms with E-state index in [1.807, 2.05) is 6.92 Å². The average molecular weight is 335 g/mol. The van der Waals surface area contributed by atoms with E-state index in [0.717, 1.165) is 5.56 Å². The molecule has 2 unspecified atom stereocenters. The maximum Gasteiger partial charge on any atom is 0.317 e. The fourth-order valence-corrected chi connectivity index (χ4v) is 2.95. The second-order valence-electron chi connectivity index (χ2n) is 6.19. The van der Waals surface area contributed by atoms with E-state index in [1.165, 1.54) is 17.0 Å². The minimum Gasteiger partial charge on any atom is -0.481 e. The third-order valence-corrected chi connectivity index (χ3v) is 4.11. The Morgan fingerprint density at radius 1 is 1.42 bits per heavy atom. The standard InChI is InChI=1S/C16H21N3O5/c1-11-7-13(15(20)21)10-18(9-11)16(22)17-6-5-12-3-2-4-14(8-12)19(23)24/h2-4,8,11,13H,5-7,9-10H2,1H3,(H,17,22)(H,20,21). The predicted molar refractivity (Wildman–Crippen MR) is 86.7 cm³/mol. The number of carbonyl (C=O) groups is 2. The van der Waals surface area contributed by atoms with Crippen molar-refractivity contribution < 1.29 is 19.6 Å². The fraction of sp³-hybridized carbons (Fsp3) is 0.500. The molecule has 0 saturated carbocycles. The van der Waals surface area contributed by atoms with E-state index < -0.39 is 16.8 Å². The summed E-state index contributed by atoms with van der Waals surface area (Å²) in [6.45, 7) is 3.01. The van der Waals surface area contributed by atoms with Gasteiger partial charge in [0.25, 0.3) is 5.69 Å². The van der Waals surface area contributed by atoms with Gasteiger partial charge in [0.1, 0.15) is 0 Å². The summed E-state index contributed by atoms with van der Waals surface area (Å²) >= 11 is 0. The van der Waals surface area contributed by atoms with Gasteiger partial charge in [0.15, 0.2) is 0 Å². The molecule has 2 rings (SSSR count). The molecule has 24 heavy (non-hydrogen) atoms. The Labute approximate surface area is 139 Å². The number of benzene rings is 1. The number of carbonyl (C=O) groups excluding carboxylic acids is 1. The number of rotatable bonds is 5. The quantitative estimate of drug-likeness (QED) is 0.630. The smallest absolute Gasteiger partial charge is 0.317 e. The molecule has 1 fully saturated rings. The van der Waals surface area contributed by atoms with E-state index in [1.54, 1.807) is 12.1 Å². The molecule has 2 amide bonds. The van der Waals surface area contributed by atoms with Gasteiger partial charge in [-0.2, -0.15) is 0 Å². The van der Waals surface area contributed by atoms with Gasteiger partial charge in [0, 0.05) is 31.8 Å². The van der Waals surface area contributed by atoms with Gasteiger partial charge < -0.3 is 15.3 Å². The van der Waals surface area contributed by atoms with Crippen LogP contribution in [0.5, 0.6) is 0 Å². The van der Waals surface area contributed by atoms with Crippen molar-refractivity contribution in [3.63, 3.8) is 0 Å². The normalized spacial score (nSPS) is 20.5. The third-order valence-electron chi connectivity index (χ3n) is 4.11. The maximum absolute atomic E-state index is 12.2. The number of non-ortho nitro benzene ring substituents is 1. The van der Waals surface area contributed by atoms with Crippen molar-refractivity contribution >= 4 is 17.7 Å². The number of nitro groups is 1. The highest BCUT2D eigenvalue weighted by atomic mass is 16.6. The first-order valence-electron chi connectivity index (χ1n) is 7.85. The lowest BCUT2D eigenvalue weighted by Crippen LogP contribution is -2.49. The molecule has 2 atom stereocenters. The third kappa shape index (κ3) is 4.68. The number of hydrogen-bond acceptors (Lipinski definition) is 4. The number of aliphatic carboxylic acids is 1. The number of urea groups is 1. The van der Waals surface area contributed by atoms with E-state index in [-0.39, 0.29) is 24.2 Å². The second-order valence-corrected chi connectivity index (χ2v) is 6.19. The van der Waals surface area contributed by atoms with Crippen LogP contribution in [0.2, 0.25) is 0 Å². The van der Waals surface area contributed by atoms with Crippen LogP contribution in [-0.2, 0) is 11.2 Å². The minimum absolute atomic E-state index is 0.0213. The largest absolute Gasteiger partial charge is 0.481 e. The Hall–Kier alpha value is -2.64. The zero-order valence-corrected chi connectivity index (χ0v) is 13.5. The van der Waals surface area contributed by atoms with Crippen LogP contribution in [0.15, 0.2) is 24.3 Å². The average Bonchev–Trinajstić information content (AvgIpc) is 2.54. The lowest BCUT2D eigenvalue weighted by molar-refractivity contribution is -0.384. The predicted octanol–water partition coefficient (Wildman–Crippen LogP) is 1.89. The molecule has 0 radical (unpaired) electrons. The molecule has 1 aliphatic rings. The van der Waals surface area contributed by atoms with Crippen LogP contribution in [0.25, 0.3) is 0 Å². The number of likely N-dealkylation sites (tertiary alicyclic amines) is 1. The van der Waals surface area contributed by atoms with Gasteiger partial charge in [-0.3, -0.25) is 14.9 Å². The van der Waals surface area contributed by atoms with Crippen LogP contribution in [0, 0.1) is 22.0 Å². The Balaban J connectivity index is 1.85. The first kappa shape index (κ1) is 17.7. The number of carboxylic acids is 1. The molecule has 130 valence electrons. The molecule has 8 heteroatoms. The Kier molecular flexibility index (Phi) is 5.73. The van der Waals surface area contributed by atoms with Crippen molar-refractivity contribution in [3.8, 4) is 0 Å². The molecular formula is C16H21N3O5. The summed E-state index contributed by atoms with van der Waals surface area (Å²) in [6, 6.07) is 5.98. The zero-order chi connectivity index (χ0) is 17.7. The lowest BCUT2D eigenvalue weighted by Gasteiger charge is -2.34. The number of nitro benzene ring substituents is 1. The molecule has 0 bridgehead atoms. The van der Waals surface area contributed by atoms with Gasteiger partial charge in [-0.05, 0) is 24.3 Å². The molecule has 0 aliphatic carbocycles. The van der Waals surface area contributed by atoms with E-state index in [9.17, 15) is 19.7 Å². The number of carboxylic acid groups (broad SMARTS) is 1. The highest BCUT2D eigenvalue weighted by Gasteiger charge is 2.31. The van der Waals surface area contributed by atoms with Crippen molar-refractivity contribution in [2.24, 2.45) is 11.8 Å². The molecule has 2 N–H and O–H groups in total. The van der Waals surface area contributed by atoms with Crippen molar-refractivity contribution in [2.75, 3.05) is 19.6 Å². The monoisotopic (exact) mass is 335 g/mol. The van der Waals surface area contributed by atoms with Crippen LogP contribution in [0.3, 0.4) is 0 Å². The summed E-state index contributed by atoms with van der Waals surface area (Å²) in [5.74, 6) is -1.27. The molecule has 1 aliphatic heterocycles. The van der Waals surface area contributed by atoms with Gasteiger partial charge >= 0.3 is 12.0 Å². The summed E-state index contributed by atoms with van der Waals surface area (Å²) in [4.78, 5) is 35.1.